The van der Waals surface area contributed by atoms with Gasteiger partial charge in [0.15, 0.2) is 0 Å². The summed E-state index contributed by atoms with van der Waals surface area (Å²) in [5.41, 5.74) is 5.33. The normalized spacial score (nSPS) is 12.9. The number of ether oxygens (including phenoxy) is 1. The van der Waals surface area contributed by atoms with Crippen molar-refractivity contribution in [1.29, 1.82) is 0 Å². The van der Waals surface area contributed by atoms with E-state index in [1.165, 1.54) is 6.92 Å². The first-order valence-electron chi connectivity index (χ1n) is 6.25. The van der Waals surface area contributed by atoms with Crippen LogP contribution in [0, 0.1) is 0 Å². The Labute approximate surface area is 117 Å². The van der Waals surface area contributed by atoms with E-state index >= 15 is 0 Å². The Balaban J connectivity index is 3.78. The SMILES string of the molecule is CC(=O)OCC(C)NC(=O)CNC(=O)CCC(N)C=O. The molecule has 0 aromatic heterocycles. The van der Waals surface area contributed by atoms with Crippen LogP contribution in [0.5, 0.6) is 0 Å². The summed E-state index contributed by atoms with van der Waals surface area (Å²) in [6.07, 6.45) is 0.882. The van der Waals surface area contributed by atoms with Gasteiger partial charge < -0.3 is 25.9 Å². The molecule has 0 fully saturated rings. The third kappa shape index (κ3) is 10.0. The van der Waals surface area contributed by atoms with Crippen molar-refractivity contribution < 1.29 is 23.9 Å². The number of hydrogen-bond acceptors (Lipinski definition) is 6. The van der Waals surface area contributed by atoms with Gasteiger partial charge in [-0.25, -0.2) is 0 Å². The molecule has 0 aliphatic heterocycles. The fraction of sp³-hybridized carbons (Fsp3) is 0.667. The number of nitrogens with one attached hydrogen (secondary N) is 2. The van der Waals surface area contributed by atoms with Gasteiger partial charge in [0.2, 0.25) is 11.8 Å². The molecule has 4 N–H and O–H groups in total. The maximum atomic E-state index is 11.4. The lowest BCUT2D eigenvalue weighted by atomic mass is 10.2. The second-order valence-electron chi connectivity index (χ2n) is 4.39. The minimum Gasteiger partial charge on any atom is -0.464 e. The minimum absolute atomic E-state index is 0.0726. The zero-order valence-corrected chi connectivity index (χ0v) is 11.7. The van der Waals surface area contributed by atoms with Crippen LogP contribution in [0.4, 0.5) is 0 Å². The van der Waals surface area contributed by atoms with Crippen molar-refractivity contribution in [2.24, 2.45) is 5.73 Å². The highest BCUT2D eigenvalue weighted by Crippen LogP contribution is 1.91. The van der Waals surface area contributed by atoms with Gasteiger partial charge in [-0.3, -0.25) is 14.4 Å². The molecule has 2 amide bonds. The van der Waals surface area contributed by atoms with Gasteiger partial charge in [-0.1, -0.05) is 0 Å². The molecule has 8 heteroatoms. The van der Waals surface area contributed by atoms with Crippen LogP contribution in [0.1, 0.15) is 26.7 Å². The summed E-state index contributed by atoms with van der Waals surface area (Å²) >= 11 is 0. The lowest BCUT2D eigenvalue weighted by Crippen LogP contribution is -2.42. The molecule has 0 bridgehead atoms. The summed E-state index contributed by atoms with van der Waals surface area (Å²) in [7, 11) is 0. The quantitative estimate of drug-likeness (QED) is 0.349. The smallest absolute Gasteiger partial charge is 0.302 e. The van der Waals surface area contributed by atoms with Crippen LogP contribution in [0.3, 0.4) is 0 Å². The van der Waals surface area contributed by atoms with Gasteiger partial charge in [0.25, 0.3) is 0 Å². The summed E-state index contributed by atoms with van der Waals surface area (Å²) in [6, 6.07) is -1.01. The number of carbonyl (C=O) groups is 4. The lowest BCUT2D eigenvalue weighted by Gasteiger charge is -2.14. The first-order valence-corrected chi connectivity index (χ1v) is 6.25. The summed E-state index contributed by atoms with van der Waals surface area (Å²) in [6.45, 7) is 2.84. The maximum absolute atomic E-state index is 11.4. The molecule has 0 saturated carbocycles. The maximum Gasteiger partial charge on any atom is 0.302 e. The van der Waals surface area contributed by atoms with Crippen LogP contribution in [-0.4, -0.2) is 49.3 Å². The van der Waals surface area contributed by atoms with E-state index < -0.39 is 17.9 Å². The molecule has 0 rings (SSSR count). The molecule has 0 aliphatic carbocycles. The van der Waals surface area contributed by atoms with E-state index in [4.69, 9.17) is 10.5 Å². The molecule has 0 aliphatic rings. The van der Waals surface area contributed by atoms with Crippen molar-refractivity contribution in [2.45, 2.75) is 38.8 Å². The highest BCUT2D eigenvalue weighted by Gasteiger charge is 2.11. The number of aldehydes is 1. The summed E-state index contributed by atoms with van der Waals surface area (Å²) in [4.78, 5) is 43.6. The Morgan fingerprint density at radius 3 is 2.50 bits per heavy atom. The Hall–Kier alpha value is -1.96. The van der Waals surface area contributed by atoms with Crippen LogP contribution in [-0.2, 0) is 23.9 Å². The molecular weight excluding hydrogens is 266 g/mol. The summed E-state index contributed by atoms with van der Waals surface area (Å²) in [5, 5.41) is 4.96. The summed E-state index contributed by atoms with van der Waals surface area (Å²) < 4.78 is 4.72. The van der Waals surface area contributed by atoms with Crippen molar-refractivity contribution >= 4 is 24.1 Å². The molecule has 0 aromatic rings. The van der Waals surface area contributed by atoms with Gasteiger partial charge in [0.05, 0.1) is 18.6 Å². The van der Waals surface area contributed by atoms with E-state index in [1.807, 2.05) is 0 Å². The average molecular weight is 287 g/mol. The number of rotatable bonds is 9. The third-order valence-electron chi connectivity index (χ3n) is 2.27. The van der Waals surface area contributed by atoms with Crippen molar-refractivity contribution in [3.05, 3.63) is 0 Å². The van der Waals surface area contributed by atoms with Gasteiger partial charge in [-0.05, 0) is 13.3 Å². The second kappa shape index (κ2) is 9.90. The number of amides is 2. The lowest BCUT2D eigenvalue weighted by molar-refractivity contribution is -0.142. The average Bonchev–Trinajstić information content (AvgIpc) is 2.40. The Morgan fingerprint density at radius 1 is 1.30 bits per heavy atom. The third-order valence-corrected chi connectivity index (χ3v) is 2.27. The number of esters is 1. The molecule has 0 heterocycles. The number of hydrogen-bond donors (Lipinski definition) is 3. The second-order valence-corrected chi connectivity index (χ2v) is 4.39. The van der Waals surface area contributed by atoms with Gasteiger partial charge >= 0.3 is 5.97 Å². The molecule has 8 nitrogen and oxygen atoms in total. The molecule has 0 saturated heterocycles. The van der Waals surface area contributed by atoms with Crippen molar-refractivity contribution in [3.8, 4) is 0 Å². The van der Waals surface area contributed by atoms with Crippen molar-refractivity contribution in [2.75, 3.05) is 13.2 Å². The number of carbonyl (C=O) groups excluding carboxylic acids is 4. The van der Waals surface area contributed by atoms with E-state index in [0.29, 0.717) is 6.29 Å². The Morgan fingerprint density at radius 2 is 1.95 bits per heavy atom. The minimum atomic E-state index is -0.668. The monoisotopic (exact) mass is 287 g/mol. The van der Waals surface area contributed by atoms with E-state index in [0.717, 1.165) is 0 Å². The first kappa shape index (κ1) is 18.0. The zero-order valence-electron chi connectivity index (χ0n) is 11.7. The van der Waals surface area contributed by atoms with Crippen LogP contribution < -0.4 is 16.4 Å². The zero-order chi connectivity index (χ0) is 15.5. The predicted molar refractivity (Wildman–Crippen MR) is 70.5 cm³/mol. The van der Waals surface area contributed by atoms with Crippen molar-refractivity contribution in [1.82, 2.24) is 10.6 Å². The van der Waals surface area contributed by atoms with Crippen LogP contribution in [0.15, 0.2) is 0 Å². The molecular formula is C12H21N3O5. The molecule has 20 heavy (non-hydrogen) atoms. The topological polar surface area (TPSA) is 128 Å². The molecule has 0 radical (unpaired) electrons. The van der Waals surface area contributed by atoms with Crippen molar-refractivity contribution in [3.63, 3.8) is 0 Å². The predicted octanol–water partition coefficient (Wildman–Crippen LogP) is -1.52. The fourth-order valence-corrected chi connectivity index (χ4v) is 1.24. The van der Waals surface area contributed by atoms with Gasteiger partial charge in [0.1, 0.15) is 12.9 Å². The van der Waals surface area contributed by atoms with Crippen LogP contribution >= 0.6 is 0 Å². The van der Waals surface area contributed by atoms with Gasteiger partial charge in [0, 0.05) is 13.3 Å². The van der Waals surface area contributed by atoms with E-state index in [9.17, 15) is 19.2 Å². The Kier molecular flexibility index (Phi) is 8.93. The van der Waals surface area contributed by atoms with Gasteiger partial charge in [-0.15, -0.1) is 0 Å². The highest BCUT2D eigenvalue weighted by atomic mass is 16.5. The molecule has 2 atom stereocenters. The van der Waals surface area contributed by atoms with Crippen LogP contribution in [0.25, 0.3) is 0 Å². The standard InChI is InChI=1S/C12H21N3O5/c1-8(7-20-9(2)17)15-12(19)5-14-11(18)4-3-10(13)6-16/h6,8,10H,3-5,7,13H2,1-2H3,(H,14,18)(H,15,19). The van der Waals surface area contributed by atoms with E-state index in [1.54, 1.807) is 6.92 Å². The molecule has 0 aromatic carbocycles. The molecule has 0 spiro atoms. The fourth-order valence-electron chi connectivity index (χ4n) is 1.24. The molecule has 2 unspecified atom stereocenters. The Bertz CT molecular complexity index is 359. The van der Waals surface area contributed by atoms with Gasteiger partial charge in [-0.2, -0.15) is 0 Å². The largest absolute Gasteiger partial charge is 0.464 e. The molecule has 114 valence electrons. The van der Waals surface area contributed by atoms with E-state index in [-0.39, 0.29) is 37.9 Å². The first-order chi connectivity index (χ1) is 9.35. The van der Waals surface area contributed by atoms with E-state index in [2.05, 4.69) is 10.6 Å². The summed E-state index contributed by atoms with van der Waals surface area (Å²) in [5.74, 6) is -1.17. The highest BCUT2D eigenvalue weighted by molar-refractivity contribution is 5.84. The van der Waals surface area contributed by atoms with Crippen LogP contribution in [0.2, 0.25) is 0 Å². The number of nitrogens with two attached hydrogens (primary N) is 1.